The molecule has 0 aliphatic carbocycles. The molecule has 0 aliphatic heterocycles. The molecule has 0 fully saturated rings. The number of thiophene rings is 1. The Bertz CT molecular complexity index is 614. The first kappa shape index (κ1) is 16.7. The molecule has 0 aliphatic rings. The van der Waals surface area contributed by atoms with Crippen molar-refractivity contribution >= 4 is 27.3 Å². The minimum atomic E-state index is -0.447. The van der Waals surface area contributed by atoms with Crippen LogP contribution < -0.4 is 0 Å². The summed E-state index contributed by atoms with van der Waals surface area (Å²) in [6.45, 7) is 11.0. The van der Waals surface area contributed by atoms with Gasteiger partial charge in [-0.25, -0.2) is 0 Å². The molecule has 0 radical (unpaired) electrons. The molecule has 0 bridgehead atoms. The number of halogens is 1. The van der Waals surface area contributed by atoms with E-state index in [1.165, 1.54) is 22.3 Å². The smallest absolute Gasteiger partial charge is 0.0933 e. The van der Waals surface area contributed by atoms with Gasteiger partial charge in [-0.3, -0.25) is 0 Å². The van der Waals surface area contributed by atoms with Crippen LogP contribution in [0.3, 0.4) is 0 Å². The van der Waals surface area contributed by atoms with Gasteiger partial charge < -0.3 is 5.11 Å². The van der Waals surface area contributed by atoms with Gasteiger partial charge in [0.1, 0.15) is 0 Å². The zero-order valence-electron chi connectivity index (χ0n) is 13.3. The minimum Gasteiger partial charge on any atom is -0.387 e. The average molecular weight is 367 g/mol. The van der Waals surface area contributed by atoms with Gasteiger partial charge in [0.15, 0.2) is 0 Å². The summed E-state index contributed by atoms with van der Waals surface area (Å²) in [6, 6.07) is 6.52. The number of benzene rings is 1. The van der Waals surface area contributed by atoms with E-state index >= 15 is 0 Å². The summed E-state index contributed by atoms with van der Waals surface area (Å²) < 4.78 is 1.00. The maximum atomic E-state index is 10.5. The summed E-state index contributed by atoms with van der Waals surface area (Å²) in [5, 5.41) is 12.5. The van der Waals surface area contributed by atoms with E-state index in [0.717, 1.165) is 9.35 Å². The van der Waals surface area contributed by atoms with Crippen LogP contribution in [-0.4, -0.2) is 5.11 Å². The van der Waals surface area contributed by atoms with Crippen LogP contribution in [0.4, 0.5) is 0 Å². The number of hydrogen-bond acceptors (Lipinski definition) is 2. The number of aliphatic hydroxyl groups is 1. The van der Waals surface area contributed by atoms with Crippen molar-refractivity contribution in [3.05, 3.63) is 55.2 Å². The first-order chi connectivity index (χ1) is 9.70. The zero-order chi connectivity index (χ0) is 15.8. The van der Waals surface area contributed by atoms with Gasteiger partial charge >= 0.3 is 0 Å². The van der Waals surface area contributed by atoms with Gasteiger partial charge in [-0.15, -0.1) is 11.3 Å². The van der Waals surface area contributed by atoms with Crippen LogP contribution >= 0.6 is 27.3 Å². The topological polar surface area (TPSA) is 20.2 Å². The predicted octanol–water partition coefficient (Wildman–Crippen LogP) is 5.70. The summed E-state index contributed by atoms with van der Waals surface area (Å²) in [4.78, 5) is 1.01. The quantitative estimate of drug-likeness (QED) is 0.738. The summed E-state index contributed by atoms with van der Waals surface area (Å²) in [5.41, 5.74) is 5.31. The fourth-order valence-corrected chi connectivity index (χ4v) is 4.20. The maximum absolute atomic E-state index is 10.5. The third kappa shape index (κ3) is 3.77. The van der Waals surface area contributed by atoms with Gasteiger partial charge in [0.2, 0.25) is 0 Å². The van der Waals surface area contributed by atoms with Crippen LogP contribution in [-0.2, 0) is 11.8 Å². The lowest BCUT2D eigenvalue weighted by Gasteiger charge is -2.23. The van der Waals surface area contributed by atoms with Crippen molar-refractivity contribution in [2.45, 2.75) is 52.6 Å². The van der Waals surface area contributed by atoms with Gasteiger partial charge in [-0.2, -0.15) is 0 Å². The second-order valence-electron chi connectivity index (χ2n) is 6.69. The van der Waals surface area contributed by atoms with E-state index in [-0.39, 0.29) is 5.41 Å². The molecule has 21 heavy (non-hydrogen) atoms. The van der Waals surface area contributed by atoms with Crippen molar-refractivity contribution in [3.8, 4) is 0 Å². The van der Waals surface area contributed by atoms with Gasteiger partial charge in [-0.1, -0.05) is 32.9 Å². The van der Waals surface area contributed by atoms with Gasteiger partial charge in [-0.05, 0) is 68.9 Å². The fraction of sp³-hybridized carbons (Fsp3) is 0.444. The monoisotopic (exact) mass is 366 g/mol. The molecule has 0 saturated heterocycles. The second kappa shape index (κ2) is 6.23. The Hall–Kier alpha value is -0.640. The van der Waals surface area contributed by atoms with Crippen molar-refractivity contribution in [2.75, 3.05) is 0 Å². The first-order valence-electron chi connectivity index (χ1n) is 7.21. The molecular formula is C18H23BrOS. The predicted molar refractivity (Wildman–Crippen MR) is 95.3 cm³/mol. The van der Waals surface area contributed by atoms with E-state index < -0.39 is 6.10 Å². The van der Waals surface area contributed by atoms with Crippen LogP contribution in [0.25, 0.3) is 0 Å². The van der Waals surface area contributed by atoms with Crippen molar-refractivity contribution in [1.82, 2.24) is 0 Å². The van der Waals surface area contributed by atoms with Crippen molar-refractivity contribution in [2.24, 2.45) is 0 Å². The Morgan fingerprint density at radius 3 is 2.19 bits per heavy atom. The van der Waals surface area contributed by atoms with E-state index in [1.807, 2.05) is 11.4 Å². The standard InChI is InChI=1S/C18H23BrOS/c1-11-8-13(18(3,4)5)9-12(2)14(11)10-16(20)17-15(19)6-7-21-17/h6-9,16,20H,10H2,1-5H3. The fourth-order valence-electron chi connectivity index (χ4n) is 2.58. The number of aryl methyl sites for hydroxylation is 2. The van der Waals surface area contributed by atoms with Gasteiger partial charge in [0, 0.05) is 15.8 Å². The summed E-state index contributed by atoms with van der Waals surface area (Å²) in [7, 11) is 0. The Labute approximate surface area is 140 Å². The first-order valence-corrected chi connectivity index (χ1v) is 8.89. The molecule has 1 nitrogen and oxygen atoms in total. The molecule has 1 heterocycles. The number of rotatable bonds is 3. The molecule has 0 spiro atoms. The Morgan fingerprint density at radius 1 is 1.19 bits per heavy atom. The average Bonchev–Trinajstić information content (AvgIpc) is 2.78. The molecule has 1 unspecified atom stereocenters. The highest BCUT2D eigenvalue weighted by Crippen LogP contribution is 2.33. The molecule has 0 amide bonds. The number of aliphatic hydroxyl groups excluding tert-OH is 1. The van der Waals surface area contributed by atoms with Crippen LogP contribution in [0.1, 0.15) is 54.0 Å². The van der Waals surface area contributed by atoms with Gasteiger partial charge in [0.25, 0.3) is 0 Å². The highest BCUT2D eigenvalue weighted by atomic mass is 79.9. The molecular weight excluding hydrogens is 344 g/mol. The zero-order valence-corrected chi connectivity index (χ0v) is 15.7. The lowest BCUT2D eigenvalue weighted by atomic mass is 9.83. The van der Waals surface area contributed by atoms with E-state index in [1.54, 1.807) is 11.3 Å². The van der Waals surface area contributed by atoms with Crippen LogP contribution in [0.15, 0.2) is 28.1 Å². The van der Waals surface area contributed by atoms with Crippen LogP contribution in [0.2, 0.25) is 0 Å². The molecule has 1 aromatic carbocycles. The summed E-state index contributed by atoms with van der Waals surface area (Å²) in [6.07, 6.45) is 0.221. The SMILES string of the molecule is Cc1cc(C(C)(C)C)cc(C)c1CC(O)c1sccc1Br. The maximum Gasteiger partial charge on any atom is 0.0933 e. The van der Waals surface area contributed by atoms with Crippen molar-refractivity contribution < 1.29 is 5.11 Å². The van der Waals surface area contributed by atoms with Crippen LogP contribution in [0, 0.1) is 13.8 Å². The molecule has 1 N–H and O–H groups in total. The lowest BCUT2D eigenvalue weighted by Crippen LogP contribution is -2.13. The molecule has 1 atom stereocenters. The summed E-state index contributed by atoms with van der Waals surface area (Å²) in [5.74, 6) is 0. The molecule has 3 heteroatoms. The third-order valence-corrected chi connectivity index (χ3v) is 5.88. The second-order valence-corrected chi connectivity index (χ2v) is 8.49. The normalized spacial score (nSPS) is 13.5. The van der Waals surface area contributed by atoms with Crippen LogP contribution in [0.5, 0.6) is 0 Å². The van der Waals surface area contributed by atoms with Crippen molar-refractivity contribution in [1.29, 1.82) is 0 Å². The Kier molecular flexibility index (Phi) is 4.96. The molecule has 114 valence electrons. The molecule has 2 rings (SSSR count). The minimum absolute atomic E-state index is 0.156. The van der Waals surface area contributed by atoms with E-state index in [4.69, 9.17) is 0 Å². The highest BCUT2D eigenvalue weighted by Gasteiger charge is 2.19. The van der Waals surface area contributed by atoms with E-state index in [2.05, 4.69) is 62.7 Å². The Morgan fingerprint density at radius 2 is 1.76 bits per heavy atom. The largest absolute Gasteiger partial charge is 0.387 e. The molecule has 1 aromatic heterocycles. The van der Waals surface area contributed by atoms with Crippen molar-refractivity contribution in [3.63, 3.8) is 0 Å². The molecule has 2 aromatic rings. The Balaban J connectivity index is 2.31. The highest BCUT2D eigenvalue weighted by molar-refractivity contribution is 9.10. The number of hydrogen-bond donors (Lipinski definition) is 1. The van der Waals surface area contributed by atoms with E-state index in [9.17, 15) is 5.11 Å². The van der Waals surface area contributed by atoms with E-state index in [0.29, 0.717) is 6.42 Å². The summed E-state index contributed by atoms with van der Waals surface area (Å²) >= 11 is 5.10. The third-order valence-electron chi connectivity index (χ3n) is 3.91. The molecule has 0 saturated carbocycles. The lowest BCUT2D eigenvalue weighted by molar-refractivity contribution is 0.181. The van der Waals surface area contributed by atoms with Gasteiger partial charge in [0.05, 0.1) is 6.10 Å².